The van der Waals surface area contributed by atoms with Crippen molar-refractivity contribution in [3.63, 3.8) is 0 Å². The number of sulfonamides is 1. The number of rotatable bonds is 6. The van der Waals surface area contributed by atoms with E-state index in [1.165, 1.54) is 23.9 Å². The molecule has 0 atom stereocenters. The van der Waals surface area contributed by atoms with Crippen LogP contribution in [-0.2, 0) is 14.8 Å². The van der Waals surface area contributed by atoms with Crippen LogP contribution in [0.1, 0.15) is 22.3 Å². The van der Waals surface area contributed by atoms with Crippen LogP contribution < -0.4 is 5.32 Å². The van der Waals surface area contributed by atoms with E-state index in [0.717, 1.165) is 11.3 Å². The van der Waals surface area contributed by atoms with Gasteiger partial charge in [0.15, 0.2) is 5.78 Å². The number of hydrogen-bond acceptors (Lipinski definition) is 6. The van der Waals surface area contributed by atoms with Crippen molar-refractivity contribution in [1.82, 2.24) is 5.32 Å². The van der Waals surface area contributed by atoms with E-state index in [-0.39, 0.29) is 28.0 Å². The molecule has 1 aromatic heterocycles. The number of benzene rings is 1. The van der Waals surface area contributed by atoms with E-state index in [9.17, 15) is 18.0 Å². The molecule has 1 N–H and O–H groups in total. The van der Waals surface area contributed by atoms with Gasteiger partial charge in [0, 0.05) is 30.3 Å². The molecular weight excluding hydrogens is 404 g/mol. The van der Waals surface area contributed by atoms with Crippen LogP contribution in [0.5, 0.6) is 0 Å². The van der Waals surface area contributed by atoms with E-state index < -0.39 is 10.0 Å². The average Bonchev–Trinajstić information content (AvgIpc) is 3.20. The first-order chi connectivity index (χ1) is 12.9. The number of allylic oxidation sites excluding steroid dienone is 2. The van der Waals surface area contributed by atoms with E-state index in [1.807, 2.05) is 0 Å². The number of amides is 1. The highest BCUT2D eigenvalue weighted by Gasteiger charge is 2.26. The molecule has 0 saturated heterocycles. The van der Waals surface area contributed by atoms with Gasteiger partial charge in [0.05, 0.1) is 10.6 Å². The molecule has 9 heteroatoms. The minimum absolute atomic E-state index is 0.124. The Labute approximate surface area is 165 Å². The van der Waals surface area contributed by atoms with Crippen molar-refractivity contribution < 1.29 is 18.0 Å². The summed E-state index contributed by atoms with van der Waals surface area (Å²) in [6.07, 6.45) is 1.75. The van der Waals surface area contributed by atoms with Crippen LogP contribution >= 0.6 is 23.1 Å². The molecule has 0 aliphatic heterocycles. The third-order valence-corrected chi connectivity index (χ3v) is 7.46. The number of fused-ring (bicyclic) bond motifs is 1. The van der Waals surface area contributed by atoms with Gasteiger partial charge in [-0.2, -0.15) is 12.8 Å². The van der Waals surface area contributed by atoms with Crippen molar-refractivity contribution in [3.05, 3.63) is 63.9 Å². The molecular formula is C18H16N2O4S3. The number of hydrogen-bond donors (Lipinski definition) is 1. The number of ketones is 1. The lowest BCUT2D eigenvalue weighted by atomic mass is 9.94. The van der Waals surface area contributed by atoms with Crippen molar-refractivity contribution in [1.29, 1.82) is 0 Å². The van der Waals surface area contributed by atoms with Gasteiger partial charge < -0.3 is 5.32 Å². The van der Waals surface area contributed by atoms with Gasteiger partial charge in [-0.15, -0.1) is 23.1 Å². The van der Waals surface area contributed by atoms with Crippen LogP contribution in [0.2, 0.25) is 0 Å². The number of thiophene rings is 1. The summed E-state index contributed by atoms with van der Waals surface area (Å²) < 4.78 is 29.2. The SMILES string of the molecule is CNC(=O)CCSC1=C/C(=N\S(=O)(=O)c2cccs2)c2ccccc2C1=O. The summed E-state index contributed by atoms with van der Waals surface area (Å²) in [7, 11) is -2.31. The normalized spacial score (nSPS) is 15.4. The quantitative estimate of drug-likeness (QED) is 0.776. The zero-order chi connectivity index (χ0) is 19.4. The van der Waals surface area contributed by atoms with Crippen LogP contribution in [0.4, 0.5) is 0 Å². The molecule has 0 spiro atoms. The first-order valence-electron chi connectivity index (χ1n) is 8.00. The van der Waals surface area contributed by atoms with E-state index in [4.69, 9.17) is 0 Å². The molecule has 0 unspecified atom stereocenters. The fraction of sp³-hybridized carbons (Fsp3) is 0.167. The van der Waals surface area contributed by atoms with Crippen LogP contribution in [0.25, 0.3) is 0 Å². The Kier molecular flexibility index (Phi) is 5.93. The Morgan fingerprint density at radius 2 is 1.93 bits per heavy atom. The summed E-state index contributed by atoms with van der Waals surface area (Å²) >= 11 is 2.31. The summed E-state index contributed by atoms with van der Waals surface area (Å²) in [4.78, 5) is 24.5. The van der Waals surface area contributed by atoms with Gasteiger partial charge in [0.2, 0.25) is 5.91 Å². The summed E-state index contributed by atoms with van der Waals surface area (Å²) in [6.45, 7) is 0. The van der Waals surface area contributed by atoms with Crippen LogP contribution in [0.15, 0.2) is 61.4 Å². The molecule has 1 aliphatic carbocycles. The second-order valence-electron chi connectivity index (χ2n) is 5.54. The third-order valence-electron chi connectivity index (χ3n) is 3.77. The zero-order valence-corrected chi connectivity index (χ0v) is 16.8. The number of nitrogens with one attached hydrogen (secondary N) is 1. The van der Waals surface area contributed by atoms with Crippen molar-refractivity contribution in [2.45, 2.75) is 10.6 Å². The molecule has 0 saturated carbocycles. The number of carbonyl (C=O) groups is 2. The number of nitrogens with zero attached hydrogens (tertiary/aromatic N) is 1. The standard InChI is InChI=1S/C18H16N2O4S3/c1-19-16(21)8-10-25-15-11-14(12-5-2-3-6-13(12)18(15)22)20-27(23,24)17-7-4-9-26-17/h2-7,9,11H,8,10H2,1H3,(H,19,21)/b20-14+. The number of carbonyl (C=O) groups excluding carboxylic acids is 2. The second kappa shape index (κ2) is 8.20. The van der Waals surface area contributed by atoms with Gasteiger partial charge in [0.1, 0.15) is 4.21 Å². The van der Waals surface area contributed by atoms with E-state index in [1.54, 1.807) is 42.8 Å². The summed E-state index contributed by atoms with van der Waals surface area (Å²) in [6, 6.07) is 9.92. The summed E-state index contributed by atoms with van der Waals surface area (Å²) in [5, 5.41) is 4.19. The Morgan fingerprint density at radius 3 is 2.59 bits per heavy atom. The third kappa shape index (κ3) is 4.37. The van der Waals surface area contributed by atoms with Gasteiger partial charge in [-0.05, 0) is 17.5 Å². The topological polar surface area (TPSA) is 92.7 Å². The Bertz CT molecular complexity index is 1040. The van der Waals surface area contributed by atoms with Crippen LogP contribution in [0.3, 0.4) is 0 Å². The van der Waals surface area contributed by atoms with Crippen LogP contribution in [-0.4, -0.2) is 38.6 Å². The summed E-state index contributed by atoms with van der Waals surface area (Å²) in [5.74, 6) is 0.0885. The first-order valence-corrected chi connectivity index (χ1v) is 11.3. The molecule has 0 bridgehead atoms. The first kappa shape index (κ1) is 19.5. The van der Waals surface area contributed by atoms with E-state index in [0.29, 0.717) is 21.8 Å². The Balaban J connectivity index is 1.98. The monoisotopic (exact) mass is 420 g/mol. The molecule has 1 aromatic carbocycles. The number of Topliss-reactive ketones (excluding diaryl/α,β-unsaturated/α-hetero) is 1. The molecule has 0 radical (unpaired) electrons. The smallest absolute Gasteiger partial charge is 0.292 e. The molecule has 140 valence electrons. The molecule has 27 heavy (non-hydrogen) atoms. The van der Waals surface area contributed by atoms with Crippen molar-refractivity contribution in [2.24, 2.45) is 4.40 Å². The summed E-state index contributed by atoms with van der Waals surface area (Å²) in [5.41, 5.74) is 1.11. The fourth-order valence-electron chi connectivity index (χ4n) is 2.45. The maximum absolute atomic E-state index is 12.7. The highest BCUT2D eigenvalue weighted by molar-refractivity contribution is 8.04. The van der Waals surface area contributed by atoms with Gasteiger partial charge >= 0.3 is 0 Å². The van der Waals surface area contributed by atoms with Gasteiger partial charge in [-0.25, -0.2) is 0 Å². The Hall–Kier alpha value is -2.23. The maximum Gasteiger partial charge on any atom is 0.292 e. The average molecular weight is 421 g/mol. The van der Waals surface area contributed by atoms with E-state index >= 15 is 0 Å². The minimum Gasteiger partial charge on any atom is -0.359 e. The number of thioether (sulfide) groups is 1. The molecule has 1 amide bonds. The zero-order valence-electron chi connectivity index (χ0n) is 14.3. The fourth-order valence-corrected chi connectivity index (χ4v) is 5.36. The van der Waals surface area contributed by atoms with Crippen molar-refractivity contribution in [3.8, 4) is 0 Å². The molecule has 0 fully saturated rings. The predicted molar refractivity (Wildman–Crippen MR) is 108 cm³/mol. The van der Waals surface area contributed by atoms with Crippen molar-refractivity contribution in [2.75, 3.05) is 12.8 Å². The van der Waals surface area contributed by atoms with Gasteiger partial charge in [0.25, 0.3) is 10.0 Å². The minimum atomic E-state index is -3.86. The molecule has 6 nitrogen and oxygen atoms in total. The molecule has 2 aromatic rings. The highest BCUT2D eigenvalue weighted by atomic mass is 32.2. The van der Waals surface area contributed by atoms with Gasteiger partial charge in [-0.3, -0.25) is 9.59 Å². The molecule has 3 rings (SSSR count). The molecule has 1 aliphatic rings. The van der Waals surface area contributed by atoms with Gasteiger partial charge in [-0.1, -0.05) is 30.3 Å². The Morgan fingerprint density at radius 1 is 1.19 bits per heavy atom. The highest BCUT2D eigenvalue weighted by Crippen LogP contribution is 2.30. The lowest BCUT2D eigenvalue weighted by Crippen LogP contribution is -2.19. The maximum atomic E-state index is 12.7. The second-order valence-corrected chi connectivity index (χ2v) is 9.45. The largest absolute Gasteiger partial charge is 0.359 e. The lowest BCUT2D eigenvalue weighted by Gasteiger charge is -2.17. The van der Waals surface area contributed by atoms with Crippen LogP contribution in [0, 0.1) is 0 Å². The van der Waals surface area contributed by atoms with Crippen molar-refractivity contribution >= 4 is 50.5 Å². The molecule has 1 heterocycles. The lowest BCUT2D eigenvalue weighted by molar-refractivity contribution is -0.120. The predicted octanol–water partition coefficient (Wildman–Crippen LogP) is 2.88. The van der Waals surface area contributed by atoms with E-state index in [2.05, 4.69) is 9.71 Å².